The summed E-state index contributed by atoms with van der Waals surface area (Å²) in [5, 5.41) is 5.01. The molecular formula is C23H23N5O. The van der Waals surface area contributed by atoms with Crippen LogP contribution in [0.15, 0.2) is 71.9 Å². The van der Waals surface area contributed by atoms with E-state index >= 15 is 0 Å². The maximum atomic E-state index is 11.9. The van der Waals surface area contributed by atoms with E-state index in [0.717, 1.165) is 32.5 Å². The lowest BCUT2D eigenvalue weighted by molar-refractivity contribution is 0.175. The first-order chi connectivity index (χ1) is 14.3. The van der Waals surface area contributed by atoms with Gasteiger partial charge in [-0.2, -0.15) is 5.10 Å². The molecule has 1 saturated heterocycles. The normalized spacial score (nSPS) is 15.7. The zero-order valence-electron chi connectivity index (χ0n) is 16.2. The molecule has 1 aliphatic heterocycles. The second kappa shape index (κ2) is 7.64. The van der Waals surface area contributed by atoms with Gasteiger partial charge in [0.2, 0.25) is 0 Å². The van der Waals surface area contributed by atoms with Crippen molar-refractivity contribution >= 4 is 11.0 Å². The zero-order chi connectivity index (χ0) is 19.6. The fourth-order valence-corrected chi connectivity index (χ4v) is 4.16. The highest BCUT2D eigenvalue weighted by molar-refractivity contribution is 5.72. The van der Waals surface area contributed by atoms with Gasteiger partial charge in [0.15, 0.2) is 5.65 Å². The summed E-state index contributed by atoms with van der Waals surface area (Å²) in [6.07, 6.45) is 5.10. The number of piperidine rings is 1. The molecule has 0 aliphatic carbocycles. The van der Waals surface area contributed by atoms with Crippen molar-refractivity contribution < 1.29 is 0 Å². The van der Waals surface area contributed by atoms with Gasteiger partial charge in [-0.15, -0.1) is 0 Å². The monoisotopic (exact) mass is 385 g/mol. The van der Waals surface area contributed by atoms with Crippen LogP contribution < -0.4 is 5.56 Å². The van der Waals surface area contributed by atoms with E-state index < -0.39 is 0 Å². The second-order valence-electron chi connectivity index (χ2n) is 7.63. The van der Waals surface area contributed by atoms with Crippen molar-refractivity contribution in [3.05, 3.63) is 83.0 Å². The maximum absolute atomic E-state index is 11.9. The van der Waals surface area contributed by atoms with E-state index in [4.69, 9.17) is 0 Å². The summed E-state index contributed by atoms with van der Waals surface area (Å²) in [4.78, 5) is 21.3. The summed E-state index contributed by atoms with van der Waals surface area (Å²) < 4.78 is 1.93. The molecule has 4 aromatic rings. The summed E-state index contributed by atoms with van der Waals surface area (Å²) in [6.45, 7) is 2.98. The Kier molecular flexibility index (Phi) is 4.69. The zero-order valence-corrected chi connectivity index (χ0v) is 16.2. The van der Waals surface area contributed by atoms with Crippen molar-refractivity contribution in [2.75, 3.05) is 13.1 Å². The number of nitrogens with one attached hydrogen (secondary N) is 1. The summed E-state index contributed by atoms with van der Waals surface area (Å²) in [5.74, 6) is 0. The fourth-order valence-electron chi connectivity index (χ4n) is 4.16. The van der Waals surface area contributed by atoms with Crippen LogP contribution in [-0.2, 0) is 6.54 Å². The largest absolute Gasteiger partial charge is 0.312 e. The lowest BCUT2D eigenvalue weighted by Crippen LogP contribution is -2.34. The minimum Gasteiger partial charge on any atom is -0.312 e. The van der Waals surface area contributed by atoms with Crippen molar-refractivity contribution in [2.45, 2.75) is 25.4 Å². The third-order valence-electron chi connectivity index (χ3n) is 5.77. The molecule has 0 spiro atoms. The molecule has 1 aliphatic rings. The third kappa shape index (κ3) is 3.59. The number of nitrogens with zero attached hydrogens (tertiary/aromatic N) is 4. The topological polar surface area (TPSA) is 66.8 Å². The SMILES string of the molecule is O=c1[nH]cnc2c1cnn2C1CCN(Cc2ccc(-c3ccccc3)cc2)CC1. The van der Waals surface area contributed by atoms with Crippen molar-refractivity contribution in [2.24, 2.45) is 0 Å². The van der Waals surface area contributed by atoms with E-state index in [1.54, 1.807) is 6.20 Å². The third-order valence-corrected chi connectivity index (χ3v) is 5.77. The molecule has 0 radical (unpaired) electrons. The number of aromatic nitrogens is 4. The van der Waals surface area contributed by atoms with E-state index in [1.807, 2.05) is 10.7 Å². The Morgan fingerprint density at radius 1 is 0.966 bits per heavy atom. The van der Waals surface area contributed by atoms with Gasteiger partial charge in [0, 0.05) is 19.6 Å². The van der Waals surface area contributed by atoms with Gasteiger partial charge in [0.05, 0.1) is 18.6 Å². The van der Waals surface area contributed by atoms with Crippen LogP contribution in [0.5, 0.6) is 0 Å². The highest BCUT2D eigenvalue weighted by atomic mass is 16.1. The van der Waals surface area contributed by atoms with E-state index in [-0.39, 0.29) is 5.56 Å². The molecule has 3 heterocycles. The van der Waals surface area contributed by atoms with Gasteiger partial charge in [-0.1, -0.05) is 54.6 Å². The molecule has 6 heteroatoms. The molecule has 2 aromatic heterocycles. The maximum Gasteiger partial charge on any atom is 0.261 e. The Balaban J connectivity index is 1.23. The Morgan fingerprint density at radius 3 is 2.45 bits per heavy atom. The second-order valence-corrected chi connectivity index (χ2v) is 7.63. The van der Waals surface area contributed by atoms with Crippen LogP contribution in [0.1, 0.15) is 24.4 Å². The van der Waals surface area contributed by atoms with Gasteiger partial charge in [-0.3, -0.25) is 9.69 Å². The minimum absolute atomic E-state index is 0.127. The standard InChI is InChI=1S/C23H23N5O/c29-23-21-14-26-28(22(21)24-16-25-23)20-10-12-27(13-11-20)15-17-6-8-19(9-7-17)18-4-2-1-3-5-18/h1-9,14,16,20H,10-13,15H2,(H,24,25,29). The molecule has 0 amide bonds. The van der Waals surface area contributed by atoms with Gasteiger partial charge < -0.3 is 4.98 Å². The first-order valence-corrected chi connectivity index (χ1v) is 10.1. The van der Waals surface area contributed by atoms with Crippen molar-refractivity contribution in [1.29, 1.82) is 0 Å². The Bertz CT molecular complexity index is 1160. The van der Waals surface area contributed by atoms with E-state index in [2.05, 4.69) is 68.5 Å². The number of hydrogen-bond acceptors (Lipinski definition) is 4. The predicted molar refractivity (Wildman–Crippen MR) is 114 cm³/mol. The van der Waals surface area contributed by atoms with Gasteiger partial charge >= 0.3 is 0 Å². The Hall–Kier alpha value is -3.25. The number of hydrogen-bond donors (Lipinski definition) is 1. The number of fused-ring (bicyclic) bond motifs is 1. The van der Waals surface area contributed by atoms with Crippen LogP contribution in [0.3, 0.4) is 0 Å². The van der Waals surface area contributed by atoms with Crippen LogP contribution in [-0.4, -0.2) is 37.7 Å². The van der Waals surface area contributed by atoms with E-state index in [9.17, 15) is 4.79 Å². The smallest absolute Gasteiger partial charge is 0.261 e. The number of benzene rings is 2. The van der Waals surface area contributed by atoms with Crippen LogP contribution in [0.4, 0.5) is 0 Å². The number of H-pyrrole nitrogens is 1. The lowest BCUT2D eigenvalue weighted by Gasteiger charge is -2.32. The van der Waals surface area contributed by atoms with Crippen LogP contribution in [0.2, 0.25) is 0 Å². The minimum atomic E-state index is -0.127. The molecule has 0 bridgehead atoms. The molecule has 5 rings (SSSR count). The predicted octanol–water partition coefficient (Wildman–Crippen LogP) is 3.62. The van der Waals surface area contributed by atoms with Crippen molar-refractivity contribution in [3.8, 4) is 11.1 Å². The average Bonchev–Trinajstić information content (AvgIpc) is 3.21. The molecule has 1 fully saturated rings. The van der Waals surface area contributed by atoms with E-state index in [0.29, 0.717) is 17.1 Å². The number of aromatic amines is 1. The van der Waals surface area contributed by atoms with Gasteiger partial charge in [0.1, 0.15) is 5.39 Å². The van der Waals surface area contributed by atoms with Crippen molar-refractivity contribution in [1.82, 2.24) is 24.6 Å². The molecule has 2 aromatic carbocycles. The Morgan fingerprint density at radius 2 is 1.69 bits per heavy atom. The molecule has 146 valence electrons. The van der Waals surface area contributed by atoms with Gasteiger partial charge in [-0.05, 0) is 29.5 Å². The fraction of sp³-hybridized carbons (Fsp3) is 0.261. The number of likely N-dealkylation sites (tertiary alicyclic amines) is 1. The molecule has 6 nitrogen and oxygen atoms in total. The molecule has 0 atom stereocenters. The van der Waals surface area contributed by atoms with Crippen LogP contribution >= 0.6 is 0 Å². The van der Waals surface area contributed by atoms with Crippen LogP contribution in [0.25, 0.3) is 22.2 Å². The van der Waals surface area contributed by atoms with Crippen molar-refractivity contribution in [3.63, 3.8) is 0 Å². The highest BCUT2D eigenvalue weighted by Gasteiger charge is 2.23. The van der Waals surface area contributed by atoms with Gasteiger partial charge in [0.25, 0.3) is 5.56 Å². The van der Waals surface area contributed by atoms with Crippen LogP contribution in [0, 0.1) is 0 Å². The van der Waals surface area contributed by atoms with Gasteiger partial charge in [-0.25, -0.2) is 9.67 Å². The molecule has 0 unspecified atom stereocenters. The first kappa shape index (κ1) is 17.8. The molecule has 1 N–H and O–H groups in total. The molecule has 29 heavy (non-hydrogen) atoms. The molecular weight excluding hydrogens is 362 g/mol. The quantitative estimate of drug-likeness (QED) is 0.583. The lowest BCUT2D eigenvalue weighted by atomic mass is 10.0. The summed E-state index contributed by atoms with van der Waals surface area (Å²) in [7, 11) is 0. The number of rotatable bonds is 4. The summed E-state index contributed by atoms with van der Waals surface area (Å²) in [5.41, 5.74) is 4.39. The average molecular weight is 385 g/mol. The highest BCUT2D eigenvalue weighted by Crippen LogP contribution is 2.26. The molecule has 0 saturated carbocycles. The van der Waals surface area contributed by atoms with E-state index in [1.165, 1.54) is 23.0 Å². The Labute approximate surface area is 168 Å². The first-order valence-electron chi connectivity index (χ1n) is 10.1. The summed E-state index contributed by atoms with van der Waals surface area (Å²) in [6, 6.07) is 19.6. The summed E-state index contributed by atoms with van der Waals surface area (Å²) >= 11 is 0.